The van der Waals surface area contributed by atoms with E-state index in [0.717, 1.165) is 0 Å². The summed E-state index contributed by atoms with van der Waals surface area (Å²) in [5, 5.41) is 4.87. The quantitative estimate of drug-likeness (QED) is 0.615. The number of rotatable bonds is 6. The molecule has 2 heterocycles. The molecule has 2 N–H and O–H groups in total. The number of ether oxygens (including phenoxy) is 2. The number of methoxy groups -OCH3 is 1. The van der Waals surface area contributed by atoms with Crippen molar-refractivity contribution in [1.82, 2.24) is 18.8 Å². The van der Waals surface area contributed by atoms with Crippen LogP contribution in [0.2, 0.25) is 0 Å². The third kappa shape index (κ3) is 6.39. The van der Waals surface area contributed by atoms with Gasteiger partial charge < -0.3 is 14.8 Å². The second-order valence-electron chi connectivity index (χ2n) is 7.99. The third-order valence-corrected chi connectivity index (χ3v) is 7.31. The largest absolute Gasteiger partial charge is 0.497 e. The van der Waals surface area contributed by atoms with Crippen LogP contribution in [0.25, 0.3) is 0 Å². The van der Waals surface area contributed by atoms with Crippen LogP contribution in [0.1, 0.15) is 13.8 Å². The molecule has 1 aromatic carbocycles. The Morgan fingerprint density at radius 3 is 2.19 bits per heavy atom. The maximum atomic E-state index is 13.0. The van der Waals surface area contributed by atoms with Gasteiger partial charge in [-0.1, -0.05) is 0 Å². The van der Waals surface area contributed by atoms with Gasteiger partial charge in [-0.25, -0.2) is 4.79 Å². The molecule has 2 unspecified atom stereocenters. The van der Waals surface area contributed by atoms with Crippen LogP contribution < -0.4 is 15.4 Å². The summed E-state index contributed by atoms with van der Waals surface area (Å²) in [6.45, 7) is 5.78. The molecule has 2 fully saturated rings. The van der Waals surface area contributed by atoms with Crippen molar-refractivity contribution < 1.29 is 27.5 Å². The predicted molar refractivity (Wildman–Crippen MR) is 119 cm³/mol. The van der Waals surface area contributed by atoms with Crippen molar-refractivity contribution in [2.75, 3.05) is 58.2 Å². The number of piperazine rings is 1. The third-order valence-electron chi connectivity index (χ3n) is 5.34. The van der Waals surface area contributed by atoms with Gasteiger partial charge in [-0.15, -0.1) is 0 Å². The zero-order valence-electron chi connectivity index (χ0n) is 18.6. The van der Waals surface area contributed by atoms with Crippen molar-refractivity contribution >= 4 is 27.8 Å². The van der Waals surface area contributed by atoms with Gasteiger partial charge in [0.25, 0.3) is 10.2 Å². The molecule has 0 bridgehead atoms. The molecule has 32 heavy (non-hydrogen) atoms. The van der Waals surface area contributed by atoms with Crippen molar-refractivity contribution in [3.63, 3.8) is 0 Å². The monoisotopic (exact) mass is 469 g/mol. The number of imide groups is 1. The summed E-state index contributed by atoms with van der Waals surface area (Å²) in [7, 11) is -2.03. The van der Waals surface area contributed by atoms with Gasteiger partial charge in [-0.2, -0.15) is 17.0 Å². The number of nitrogens with one attached hydrogen (secondary N) is 2. The van der Waals surface area contributed by atoms with Gasteiger partial charge in [0.05, 0.1) is 25.9 Å². The fraction of sp³-hybridized carbons (Fsp3) is 0.600. The van der Waals surface area contributed by atoms with E-state index in [0.29, 0.717) is 37.6 Å². The number of nitrogens with zero attached hydrogens (tertiary/aromatic N) is 3. The fourth-order valence-corrected chi connectivity index (χ4v) is 5.55. The second-order valence-corrected chi connectivity index (χ2v) is 9.92. The average molecular weight is 470 g/mol. The van der Waals surface area contributed by atoms with Crippen LogP contribution in [-0.2, 0) is 19.7 Å². The molecule has 2 aliphatic heterocycles. The Morgan fingerprint density at radius 2 is 1.62 bits per heavy atom. The van der Waals surface area contributed by atoms with Crippen molar-refractivity contribution in [2.45, 2.75) is 26.1 Å². The topological polar surface area (TPSA) is 121 Å². The Balaban J connectivity index is 1.43. The highest BCUT2D eigenvalue weighted by Gasteiger charge is 2.36. The standard InChI is InChI=1S/C20H31N5O6S/c1-15-12-25(13-16(2)31-15)32(28,29)24-10-8-23(9-11-24)14-19(26)22-20(27)21-17-4-6-18(30-3)7-5-17/h4-7,15-16H,8-14H2,1-3H3,(H2,21,22,26,27). The average Bonchev–Trinajstić information content (AvgIpc) is 2.74. The highest BCUT2D eigenvalue weighted by atomic mass is 32.2. The summed E-state index contributed by atoms with van der Waals surface area (Å²) in [6.07, 6.45) is -0.301. The van der Waals surface area contributed by atoms with Crippen molar-refractivity contribution in [3.8, 4) is 5.75 Å². The van der Waals surface area contributed by atoms with Gasteiger partial charge in [0.1, 0.15) is 5.75 Å². The lowest BCUT2D eigenvalue weighted by atomic mass is 10.3. The zero-order chi connectivity index (χ0) is 23.3. The van der Waals surface area contributed by atoms with Gasteiger partial charge in [-0.3, -0.25) is 15.0 Å². The van der Waals surface area contributed by atoms with Crippen LogP contribution in [-0.4, -0.2) is 99.0 Å². The molecule has 2 aliphatic rings. The molecule has 11 nitrogen and oxygen atoms in total. The number of anilines is 1. The molecule has 0 aromatic heterocycles. The summed E-state index contributed by atoms with van der Waals surface area (Å²) in [5.74, 6) is 0.203. The lowest BCUT2D eigenvalue weighted by molar-refractivity contribution is -0.121. The molecule has 0 aliphatic carbocycles. The first-order chi connectivity index (χ1) is 15.2. The molecule has 2 atom stereocenters. The van der Waals surface area contributed by atoms with Crippen LogP contribution in [0.5, 0.6) is 5.75 Å². The normalized spacial score (nSPS) is 23.5. The highest BCUT2D eigenvalue weighted by Crippen LogP contribution is 2.19. The summed E-state index contributed by atoms with van der Waals surface area (Å²) < 4.78 is 39.5. The minimum Gasteiger partial charge on any atom is -0.497 e. The lowest BCUT2D eigenvalue weighted by Crippen LogP contribution is -2.57. The van der Waals surface area contributed by atoms with E-state index in [2.05, 4.69) is 10.6 Å². The lowest BCUT2D eigenvalue weighted by Gasteiger charge is -2.40. The molecular formula is C20H31N5O6S. The van der Waals surface area contributed by atoms with Crippen LogP contribution in [0.3, 0.4) is 0 Å². The van der Waals surface area contributed by atoms with Gasteiger partial charge in [0.2, 0.25) is 5.91 Å². The number of benzene rings is 1. The number of urea groups is 1. The Bertz CT molecular complexity index is 892. The molecule has 3 amide bonds. The maximum Gasteiger partial charge on any atom is 0.325 e. The van der Waals surface area contributed by atoms with Crippen molar-refractivity contribution in [2.24, 2.45) is 0 Å². The van der Waals surface area contributed by atoms with Crippen LogP contribution in [0, 0.1) is 0 Å². The predicted octanol–water partition coefficient (Wildman–Crippen LogP) is 0.315. The number of carbonyl (C=O) groups is 2. The number of hydrogen-bond acceptors (Lipinski definition) is 7. The van der Waals surface area contributed by atoms with Crippen LogP contribution in [0.15, 0.2) is 24.3 Å². The first kappa shape index (κ1) is 24.4. The van der Waals surface area contributed by atoms with Gasteiger partial charge >= 0.3 is 6.03 Å². The van der Waals surface area contributed by atoms with Gasteiger partial charge in [0.15, 0.2) is 0 Å². The second kappa shape index (κ2) is 10.6. The minimum atomic E-state index is -3.58. The number of hydrogen-bond donors (Lipinski definition) is 2. The first-order valence-corrected chi connectivity index (χ1v) is 11.9. The Morgan fingerprint density at radius 1 is 1.03 bits per heavy atom. The molecular weight excluding hydrogens is 438 g/mol. The number of morpholine rings is 1. The molecule has 0 saturated carbocycles. The van der Waals surface area contributed by atoms with E-state index in [4.69, 9.17) is 9.47 Å². The van der Waals surface area contributed by atoms with Crippen LogP contribution >= 0.6 is 0 Å². The molecule has 1 aromatic rings. The van der Waals surface area contributed by atoms with E-state index in [1.165, 1.54) is 8.61 Å². The van der Waals surface area contributed by atoms with E-state index in [1.54, 1.807) is 31.4 Å². The van der Waals surface area contributed by atoms with E-state index >= 15 is 0 Å². The Kier molecular flexibility index (Phi) is 8.06. The Hall–Kier alpha value is -2.25. The van der Waals surface area contributed by atoms with E-state index in [9.17, 15) is 18.0 Å². The van der Waals surface area contributed by atoms with E-state index in [-0.39, 0.29) is 31.8 Å². The highest BCUT2D eigenvalue weighted by molar-refractivity contribution is 7.86. The van der Waals surface area contributed by atoms with Gasteiger partial charge in [-0.05, 0) is 38.1 Å². The smallest absolute Gasteiger partial charge is 0.325 e. The SMILES string of the molecule is COc1ccc(NC(=O)NC(=O)CN2CCN(S(=O)(=O)N3CC(C)OC(C)C3)CC2)cc1. The first-order valence-electron chi connectivity index (χ1n) is 10.6. The van der Waals surface area contributed by atoms with E-state index in [1.807, 2.05) is 18.7 Å². The molecule has 2 saturated heterocycles. The maximum absolute atomic E-state index is 13.0. The minimum absolute atomic E-state index is 0.00947. The molecule has 0 spiro atoms. The zero-order valence-corrected chi connectivity index (χ0v) is 19.4. The Labute approximate surface area is 188 Å². The molecule has 178 valence electrons. The molecule has 3 rings (SSSR count). The number of carbonyl (C=O) groups excluding carboxylic acids is 2. The number of amides is 3. The molecule has 0 radical (unpaired) electrons. The summed E-state index contributed by atoms with van der Waals surface area (Å²) >= 11 is 0. The summed E-state index contributed by atoms with van der Waals surface area (Å²) in [6, 6.07) is 6.10. The molecule has 12 heteroatoms. The van der Waals surface area contributed by atoms with Crippen LogP contribution in [0.4, 0.5) is 10.5 Å². The summed E-state index contributed by atoms with van der Waals surface area (Å²) in [5.41, 5.74) is 0.529. The van der Waals surface area contributed by atoms with Crippen molar-refractivity contribution in [3.05, 3.63) is 24.3 Å². The fourth-order valence-electron chi connectivity index (χ4n) is 3.81. The summed E-state index contributed by atoms with van der Waals surface area (Å²) in [4.78, 5) is 26.1. The van der Waals surface area contributed by atoms with E-state index < -0.39 is 22.1 Å². The van der Waals surface area contributed by atoms with Gasteiger partial charge in [0, 0.05) is 45.0 Å². The van der Waals surface area contributed by atoms with Crippen molar-refractivity contribution in [1.29, 1.82) is 0 Å².